The van der Waals surface area contributed by atoms with E-state index in [2.05, 4.69) is 5.32 Å². The van der Waals surface area contributed by atoms with Gasteiger partial charge in [0.25, 0.3) is 5.91 Å². The van der Waals surface area contributed by atoms with E-state index in [9.17, 15) is 14.4 Å². The molecule has 0 aliphatic carbocycles. The second-order valence-corrected chi connectivity index (χ2v) is 8.12. The van der Waals surface area contributed by atoms with Crippen LogP contribution in [-0.2, 0) is 19.1 Å². The monoisotopic (exact) mass is 442 g/mol. The molecule has 2 aromatic rings. The average molecular weight is 443 g/mol. The molecule has 0 radical (unpaired) electrons. The highest BCUT2D eigenvalue weighted by Gasteiger charge is 2.36. The third-order valence-electron chi connectivity index (χ3n) is 5.17. The van der Waals surface area contributed by atoms with E-state index in [0.29, 0.717) is 5.75 Å². The number of esters is 1. The number of hydrogen-bond acceptors (Lipinski definition) is 6. The second-order valence-electron chi connectivity index (χ2n) is 7.24. The van der Waals surface area contributed by atoms with Crippen LogP contribution < -0.4 is 15.0 Å². The number of anilines is 1. The Hall–Kier alpha value is -3.00. The molecule has 2 amide bonds. The Labute approximate surface area is 186 Å². The predicted molar refractivity (Wildman–Crippen MR) is 119 cm³/mol. The molecule has 2 aromatic carbocycles. The summed E-state index contributed by atoms with van der Waals surface area (Å²) in [6, 6.07) is 14.7. The van der Waals surface area contributed by atoms with E-state index in [4.69, 9.17) is 9.47 Å². The zero-order valence-corrected chi connectivity index (χ0v) is 18.6. The standard InChI is InChI=1S/C23H26N2O5S/c1-15(19-6-4-5-7-20(19)29-2)24-21(26)14-30-23(28)16-12-22(27)25(13-16)17-8-10-18(31-3)11-9-17/h4-11,15-16H,12-14H2,1-3H3,(H,24,26). The normalized spacial score (nSPS) is 16.7. The summed E-state index contributed by atoms with van der Waals surface area (Å²) >= 11 is 1.62. The zero-order valence-electron chi connectivity index (χ0n) is 17.8. The van der Waals surface area contributed by atoms with Crippen LogP contribution in [0.2, 0.25) is 0 Å². The molecule has 8 heteroatoms. The summed E-state index contributed by atoms with van der Waals surface area (Å²) in [5.41, 5.74) is 1.58. The number of para-hydroxylation sites is 1. The van der Waals surface area contributed by atoms with Gasteiger partial charge in [-0.15, -0.1) is 11.8 Å². The van der Waals surface area contributed by atoms with E-state index in [1.54, 1.807) is 23.8 Å². The maximum absolute atomic E-state index is 12.4. The molecule has 1 N–H and O–H groups in total. The SMILES string of the molecule is COc1ccccc1C(C)NC(=O)COC(=O)C1CC(=O)N(c2ccc(SC)cc2)C1. The van der Waals surface area contributed by atoms with E-state index in [0.717, 1.165) is 16.1 Å². The second kappa shape index (κ2) is 10.3. The smallest absolute Gasteiger partial charge is 0.311 e. The molecule has 1 aliphatic heterocycles. The number of carbonyl (C=O) groups excluding carboxylic acids is 3. The highest BCUT2D eigenvalue weighted by atomic mass is 32.2. The molecule has 7 nitrogen and oxygen atoms in total. The van der Waals surface area contributed by atoms with Crippen molar-refractivity contribution in [3.8, 4) is 5.75 Å². The van der Waals surface area contributed by atoms with Gasteiger partial charge in [-0.2, -0.15) is 0 Å². The van der Waals surface area contributed by atoms with Crippen LogP contribution in [0.4, 0.5) is 5.69 Å². The summed E-state index contributed by atoms with van der Waals surface area (Å²) in [5, 5.41) is 2.80. The number of nitrogens with zero attached hydrogens (tertiary/aromatic N) is 1. The van der Waals surface area contributed by atoms with Crippen molar-refractivity contribution in [3.05, 3.63) is 54.1 Å². The van der Waals surface area contributed by atoms with Crippen LogP contribution in [0.3, 0.4) is 0 Å². The van der Waals surface area contributed by atoms with Gasteiger partial charge in [0, 0.05) is 29.1 Å². The quantitative estimate of drug-likeness (QED) is 0.499. The van der Waals surface area contributed by atoms with Gasteiger partial charge in [0.2, 0.25) is 5.91 Å². The lowest BCUT2D eigenvalue weighted by Crippen LogP contribution is -2.33. The molecule has 0 bridgehead atoms. The van der Waals surface area contributed by atoms with Gasteiger partial charge in [-0.3, -0.25) is 14.4 Å². The Morgan fingerprint density at radius 3 is 2.58 bits per heavy atom. The molecule has 0 spiro atoms. The average Bonchev–Trinajstić information content (AvgIpc) is 3.19. The first-order valence-corrected chi connectivity index (χ1v) is 11.2. The number of benzene rings is 2. The van der Waals surface area contributed by atoms with E-state index in [1.165, 1.54) is 0 Å². The minimum atomic E-state index is -0.591. The Morgan fingerprint density at radius 2 is 1.90 bits per heavy atom. The largest absolute Gasteiger partial charge is 0.496 e. The number of thioether (sulfide) groups is 1. The van der Waals surface area contributed by atoms with E-state index in [-0.39, 0.29) is 24.9 Å². The topological polar surface area (TPSA) is 84.9 Å². The van der Waals surface area contributed by atoms with Crippen LogP contribution in [0, 0.1) is 5.92 Å². The molecule has 0 saturated carbocycles. The van der Waals surface area contributed by atoms with Gasteiger partial charge in [0.1, 0.15) is 5.75 Å². The fraction of sp³-hybridized carbons (Fsp3) is 0.348. The first-order valence-electron chi connectivity index (χ1n) is 9.96. The third-order valence-corrected chi connectivity index (χ3v) is 5.91. The fourth-order valence-corrected chi connectivity index (χ4v) is 3.92. The highest BCUT2D eigenvalue weighted by molar-refractivity contribution is 7.98. The number of carbonyl (C=O) groups is 3. The van der Waals surface area contributed by atoms with Gasteiger partial charge in [0.05, 0.1) is 19.1 Å². The number of ether oxygens (including phenoxy) is 2. The highest BCUT2D eigenvalue weighted by Crippen LogP contribution is 2.28. The summed E-state index contributed by atoms with van der Waals surface area (Å²) in [6.45, 7) is 1.67. The van der Waals surface area contributed by atoms with Crippen LogP contribution in [0.1, 0.15) is 24.9 Å². The predicted octanol–water partition coefficient (Wildman–Crippen LogP) is 3.19. The molecule has 1 heterocycles. The minimum Gasteiger partial charge on any atom is -0.496 e. The molecule has 2 unspecified atom stereocenters. The summed E-state index contributed by atoms with van der Waals surface area (Å²) in [6.07, 6.45) is 2.05. The molecular formula is C23H26N2O5S. The Morgan fingerprint density at radius 1 is 1.19 bits per heavy atom. The Kier molecular flexibility index (Phi) is 7.57. The van der Waals surface area contributed by atoms with Crippen LogP contribution in [0.15, 0.2) is 53.4 Å². The first kappa shape index (κ1) is 22.7. The minimum absolute atomic E-state index is 0.0718. The van der Waals surface area contributed by atoms with E-state index in [1.807, 2.05) is 61.7 Å². The summed E-state index contributed by atoms with van der Waals surface area (Å²) in [4.78, 5) is 39.7. The van der Waals surface area contributed by atoms with E-state index >= 15 is 0 Å². The van der Waals surface area contributed by atoms with Gasteiger partial charge >= 0.3 is 5.97 Å². The lowest BCUT2D eigenvalue weighted by atomic mass is 10.1. The van der Waals surface area contributed by atoms with Crippen molar-refractivity contribution in [1.29, 1.82) is 0 Å². The van der Waals surface area contributed by atoms with Crippen LogP contribution in [0.25, 0.3) is 0 Å². The molecule has 1 saturated heterocycles. The lowest BCUT2D eigenvalue weighted by Gasteiger charge is -2.18. The van der Waals surface area contributed by atoms with Crippen molar-refractivity contribution >= 4 is 35.2 Å². The van der Waals surface area contributed by atoms with Gasteiger partial charge in [-0.1, -0.05) is 18.2 Å². The Bertz CT molecular complexity index is 947. The maximum atomic E-state index is 12.4. The van der Waals surface area contributed by atoms with Crippen molar-refractivity contribution in [1.82, 2.24) is 5.32 Å². The van der Waals surface area contributed by atoms with Gasteiger partial charge in [-0.25, -0.2) is 0 Å². The fourth-order valence-electron chi connectivity index (χ4n) is 3.52. The maximum Gasteiger partial charge on any atom is 0.311 e. The molecule has 3 rings (SSSR count). The zero-order chi connectivity index (χ0) is 22.4. The number of rotatable bonds is 8. The number of methoxy groups -OCH3 is 1. The van der Waals surface area contributed by atoms with Crippen LogP contribution in [-0.4, -0.2) is 44.3 Å². The van der Waals surface area contributed by atoms with Crippen molar-refractivity contribution < 1.29 is 23.9 Å². The number of hydrogen-bond donors (Lipinski definition) is 1. The van der Waals surface area contributed by atoms with Gasteiger partial charge in [0.15, 0.2) is 6.61 Å². The van der Waals surface area contributed by atoms with Crippen molar-refractivity contribution in [2.45, 2.75) is 24.3 Å². The van der Waals surface area contributed by atoms with Crippen molar-refractivity contribution in [3.63, 3.8) is 0 Å². The van der Waals surface area contributed by atoms with Gasteiger partial charge < -0.3 is 19.7 Å². The lowest BCUT2D eigenvalue weighted by molar-refractivity contribution is -0.152. The molecule has 1 aliphatic rings. The number of nitrogens with one attached hydrogen (secondary N) is 1. The first-order chi connectivity index (χ1) is 14.9. The van der Waals surface area contributed by atoms with Gasteiger partial charge in [-0.05, 0) is 43.5 Å². The number of amides is 2. The van der Waals surface area contributed by atoms with Crippen LogP contribution >= 0.6 is 11.8 Å². The molecular weight excluding hydrogens is 416 g/mol. The Balaban J connectivity index is 1.51. The van der Waals surface area contributed by atoms with E-state index < -0.39 is 24.4 Å². The molecule has 164 valence electrons. The molecule has 1 fully saturated rings. The van der Waals surface area contributed by atoms with Crippen molar-refractivity contribution in [2.75, 3.05) is 31.4 Å². The van der Waals surface area contributed by atoms with Crippen LogP contribution in [0.5, 0.6) is 5.75 Å². The summed E-state index contributed by atoms with van der Waals surface area (Å²) < 4.78 is 10.5. The summed E-state index contributed by atoms with van der Waals surface area (Å²) in [5.74, 6) is -1.01. The van der Waals surface area contributed by atoms with Crippen molar-refractivity contribution in [2.24, 2.45) is 5.92 Å². The molecule has 0 aromatic heterocycles. The molecule has 2 atom stereocenters. The third kappa shape index (κ3) is 5.58. The molecule has 31 heavy (non-hydrogen) atoms. The summed E-state index contributed by atoms with van der Waals surface area (Å²) in [7, 11) is 1.57.